The van der Waals surface area contributed by atoms with Crippen LogP contribution in [0.15, 0.2) is 29.4 Å². The van der Waals surface area contributed by atoms with Gasteiger partial charge in [-0.25, -0.2) is 4.98 Å². The van der Waals surface area contributed by atoms with E-state index in [4.69, 9.17) is 0 Å². The van der Waals surface area contributed by atoms with Crippen molar-refractivity contribution in [3.63, 3.8) is 0 Å². The number of imidazole rings is 1. The van der Waals surface area contributed by atoms with Gasteiger partial charge in [0.2, 0.25) is 0 Å². The highest BCUT2D eigenvalue weighted by Crippen LogP contribution is 2.23. The average Bonchev–Trinajstić information content (AvgIpc) is 2.55. The number of hydrogen-bond acceptors (Lipinski definition) is 2. The highest BCUT2D eigenvalue weighted by molar-refractivity contribution is 7.99. The zero-order valence-corrected chi connectivity index (χ0v) is 9.34. The minimum Gasteiger partial charge on any atom is -0.319 e. The van der Waals surface area contributed by atoms with Crippen LogP contribution in [0.2, 0.25) is 0 Å². The van der Waals surface area contributed by atoms with Gasteiger partial charge in [0.1, 0.15) is 0 Å². The minimum atomic E-state index is 0.989. The Morgan fingerprint density at radius 3 is 2.79 bits per heavy atom. The van der Waals surface area contributed by atoms with Crippen molar-refractivity contribution < 1.29 is 0 Å². The molecule has 74 valence electrons. The second-order valence-electron chi connectivity index (χ2n) is 3.06. The van der Waals surface area contributed by atoms with E-state index >= 15 is 0 Å². The second-order valence-corrected chi connectivity index (χ2v) is 4.29. The molecule has 2 nitrogen and oxygen atoms in total. The fourth-order valence-corrected chi connectivity index (χ4v) is 2.40. The molecule has 0 atom stereocenters. The molecule has 0 aliphatic heterocycles. The maximum Gasteiger partial charge on any atom is 0.169 e. The van der Waals surface area contributed by atoms with Crippen molar-refractivity contribution in [3.8, 4) is 0 Å². The molecular formula is C11H14N2S. The van der Waals surface area contributed by atoms with E-state index < -0.39 is 0 Å². The van der Waals surface area contributed by atoms with E-state index in [2.05, 4.69) is 41.6 Å². The topological polar surface area (TPSA) is 17.8 Å². The maximum absolute atomic E-state index is 4.60. The van der Waals surface area contributed by atoms with Gasteiger partial charge in [0.15, 0.2) is 5.16 Å². The third kappa shape index (κ3) is 1.52. The second kappa shape index (κ2) is 4.05. The molecule has 0 N–H and O–H groups in total. The number of rotatable bonds is 3. The van der Waals surface area contributed by atoms with Crippen molar-refractivity contribution in [2.45, 2.75) is 25.5 Å². The van der Waals surface area contributed by atoms with Crippen LogP contribution in [0.1, 0.15) is 13.8 Å². The predicted octanol–water partition coefficient (Wildman–Crippen LogP) is 3.17. The van der Waals surface area contributed by atoms with Gasteiger partial charge in [-0.1, -0.05) is 30.8 Å². The summed E-state index contributed by atoms with van der Waals surface area (Å²) in [6.07, 6.45) is 0. The van der Waals surface area contributed by atoms with Gasteiger partial charge >= 0.3 is 0 Å². The van der Waals surface area contributed by atoms with E-state index in [1.807, 2.05) is 6.07 Å². The summed E-state index contributed by atoms with van der Waals surface area (Å²) in [7, 11) is 0. The largest absolute Gasteiger partial charge is 0.319 e. The lowest BCUT2D eigenvalue weighted by Crippen LogP contribution is -1.95. The zero-order valence-electron chi connectivity index (χ0n) is 8.53. The molecule has 0 unspecified atom stereocenters. The molecule has 0 bridgehead atoms. The number of benzene rings is 1. The Kier molecular flexibility index (Phi) is 2.77. The van der Waals surface area contributed by atoms with E-state index in [1.165, 1.54) is 5.52 Å². The van der Waals surface area contributed by atoms with Crippen molar-refractivity contribution in [1.29, 1.82) is 0 Å². The Morgan fingerprint density at radius 1 is 1.29 bits per heavy atom. The molecule has 0 saturated heterocycles. The molecule has 1 heterocycles. The van der Waals surface area contributed by atoms with Gasteiger partial charge in [0.25, 0.3) is 0 Å². The first kappa shape index (κ1) is 9.59. The first-order valence-corrected chi connectivity index (χ1v) is 5.93. The SMILES string of the molecule is CCSc1nc2ccccc2n1CC. The number of aromatic nitrogens is 2. The third-order valence-corrected chi connectivity index (χ3v) is 3.07. The smallest absolute Gasteiger partial charge is 0.169 e. The van der Waals surface area contributed by atoms with Gasteiger partial charge in [-0.3, -0.25) is 0 Å². The fraction of sp³-hybridized carbons (Fsp3) is 0.364. The molecule has 0 aliphatic carbocycles. The Bertz CT molecular complexity index is 434. The van der Waals surface area contributed by atoms with Gasteiger partial charge in [0.05, 0.1) is 11.0 Å². The van der Waals surface area contributed by atoms with Gasteiger partial charge in [-0.2, -0.15) is 0 Å². The van der Waals surface area contributed by atoms with Crippen LogP contribution in [0.25, 0.3) is 11.0 Å². The van der Waals surface area contributed by atoms with Crippen LogP contribution in [-0.2, 0) is 6.54 Å². The summed E-state index contributed by atoms with van der Waals surface area (Å²) in [6, 6.07) is 8.30. The van der Waals surface area contributed by atoms with E-state index in [9.17, 15) is 0 Å². The summed E-state index contributed by atoms with van der Waals surface area (Å²) in [5.41, 5.74) is 2.34. The molecule has 0 aliphatic rings. The molecule has 0 fully saturated rings. The van der Waals surface area contributed by atoms with E-state index in [-0.39, 0.29) is 0 Å². The van der Waals surface area contributed by atoms with E-state index in [0.29, 0.717) is 0 Å². The monoisotopic (exact) mass is 206 g/mol. The number of aryl methyl sites for hydroxylation is 1. The van der Waals surface area contributed by atoms with Gasteiger partial charge in [0, 0.05) is 6.54 Å². The summed E-state index contributed by atoms with van der Waals surface area (Å²) >= 11 is 1.80. The van der Waals surface area contributed by atoms with Gasteiger partial charge < -0.3 is 4.57 Å². The Morgan fingerprint density at radius 2 is 2.07 bits per heavy atom. The van der Waals surface area contributed by atoms with Gasteiger partial charge in [-0.15, -0.1) is 0 Å². The van der Waals surface area contributed by atoms with Crippen LogP contribution >= 0.6 is 11.8 Å². The summed E-state index contributed by atoms with van der Waals surface area (Å²) in [5, 5.41) is 1.14. The number of thioether (sulfide) groups is 1. The Labute approximate surface area is 88.3 Å². The average molecular weight is 206 g/mol. The Hall–Kier alpha value is -0.960. The number of para-hydroxylation sites is 2. The minimum absolute atomic E-state index is 0.989. The number of hydrogen-bond donors (Lipinski definition) is 0. The zero-order chi connectivity index (χ0) is 9.97. The lowest BCUT2D eigenvalue weighted by Gasteiger charge is -2.03. The lowest BCUT2D eigenvalue weighted by molar-refractivity contribution is 0.703. The summed E-state index contributed by atoms with van der Waals surface area (Å²) < 4.78 is 2.27. The summed E-state index contributed by atoms with van der Waals surface area (Å²) in [5.74, 6) is 1.07. The molecule has 2 rings (SSSR count). The van der Waals surface area contributed by atoms with Crippen LogP contribution in [0.5, 0.6) is 0 Å². The van der Waals surface area contributed by atoms with Crippen molar-refractivity contribution in [3.05, 3.63) is 24.3 Å². The summed E-state index contributed by atoms with van der Waals surface area (Å²) in [4.78, 5) is 4.60. The highest BCUT2D eigenvalue weighted by atomic mass is 32.2. The van der Waals surface area contributed by atoms with Crippen LogP contribution in [-0.4, -0.2) is 15.3 Å². The maximum atomic E-state index is 4.60. The first-order valence-electron chi connectivity index (χ1n) is 4.95. The van der Waals surface area contributed by atoms with E-state index in [0.717, 1.165) is 23.0 Å². The molecule has 2 aromatic rings. The van der Waals surface area contributed by atoms with Crippen LogP contribution in [0.3, 0.4) is 0 Å². The molecule has 0 radical (unpaired) electrons. The molecule has 1 aromatic heterocycles. The molecule has 0 saturated carbocycles. The van der Waals surface area contributed by atoms with Crippen LogP contribution in [0.4, 0.5) is 0 Å². The number of fused-ring (bicyclic) bond motifs is 1. The van der Waals surface area contributed by atoms with Crippen molar-refractivity contribution in [2.24, 2.45) is 0 Å². The standard InChI is InChI=1S/C11H14N2S/c1-3-13-10-8-6-5-7-9(10)12-11(13)14-4-2/h5-8H,3-4H2,1-2H3. The predicted molar refractivity (Wildman–Crippen MR) is 61.8 cm³/mol. The number of nitrogens with zero attached hydrogens (tertiary/aromatic N) is 2. The Balaban J connectivity index is 2.60. The van der Waals surface area contributed by atoms with Crippen LogP contribution < -0.4 is 0 Å². The molecule has 1 aromatic carbocycles. The first-order chi connectivity index (χ1) is 6.86. The van der Waals surface area contributed by atoms with Crippen LogP contribution in [0, 0.1) is 0 Å². The van der Waals surface area contributed by atoms with Crippen molar-refractivity contribution in [2.75, 3.05) is 5.75 Å². The summed E-state index contributed by atoms with van der Waals surface area (Å²) in [6.45, 7) is 5.31. The molecule has 0 amide bonds. The highest BCUT2D eigenvalue weighted by Gasteiger charge is 2.07. The fourth-order valence-electron chi connectivity index (χ4n) is 1.60. The van der Waals surface area contributed by atoms with E-state index in [1.54, 1.807) is 11.8 Å². The van der Waals surface area contributed by atoms with Gasteiger partial charge in [-0.05, 0) is 24.8 Å². The normalized spacial score (nSPS) is 11.0. The molecule has 3 heteroatoms. The molecule has 0 spiro atoms. The van der Waals surface area contributed by atoms with Crippen molar-refractivity contribution >= 4 is 22.8 Å². The third-order valence-electron chi connectivity index (χ3n) is 2.21. The quantitative estimate of drug-likeness (QED) is 0.718. The molecular weight excluding hydrogens is 192 g/mol. The lowest BCUT2D eigenvalue weighted by atomic mass is 10.3. The van der Waals surface area contributed by atoms with Crippen molar-refractivity contribution in [1.82, 2.24) is 9.55 Å². The molecule has 14 heavy (non-hydrogen) atoms.